The molecule has 1 atom stereocenters. The number of hydrogen-bond acceptors (Lipinski definition) is 2. The van der Waals surface area contributed by atoms with E-state index in [4.69, 9.17) is 0 Å². The summed E-state index contributed by atoms with van der Waals surface area (Å²) in [6, 6.07) is 24.2. The van der Waals surface area contributed by atoms with Gasteiger partial charge in [-0.05, 0) is 55.0 Å². The normalized spacial score (nSPS) is 12.0. The van der Waals surface area contributed by atoms with Crippen LogP contribution in [0.1, 0.15) is 44.7 Å². The van der Waals surface area contributed by atoms with Crippen molar-refractivity contribution >= 4 is 22.6 Å². The minimum Gasteiger partial charge on any atom is -0.352 e. The van der Waals surface area contributed by atoms with Gasteiger partial charge in [0.05, 0.1) is 0 Å². The smallest absolute Gasteiger partial charge is 0.242 e. The fraction of sp³-hybridized carbons (Fsp3) is 0.357. The van der Waals surface area contributed by atoms with Gasteiger partial charge in [-0.3, -0.25) is 9.59 Å². The number of nitrogens with one attached hydrogen (secondary N) is 1. The minimum absolute atomic E-state index is 0.0274. The topological polar surface area (TPSA) is 49.4 Å². The van der Waals surface area contributed by atoms with Gasteiger partial charge in [-0.15, -0.1) is 0 Å². The molecule has 0 spiro atoms. The van der Waals surface area contributed by atoms with Crippen LogP contribution < -0.4 is 5.32 Å². The number of fused-ring (bicyclic) bond motifs is 1. The van der Waals surface area contributed by atoms with E-state index in [1.807, 2.05) is 57.2 Å². The Balaban J connectivity index is 1.77. The van der Waals surface area contributed by atoms with Gasteiger partial charge in [-0.25, -0.2) is 0 Å². The van der Waals surface area contributed by atoms with Crippen LogP contribution in [-0.2, 0) is 22.4 Å². The number of aryl methyl sites for hydroxylation is 1. The van der Waals surface area contributed by atoms with E-state index in [0.29, 0.717) is 25.8 Å². The SMILES string of the molecule is CCC(C(=O)NC(C)C)N(CCc1ccccc1)C(=O)CCc1cccc2ccccc12. The molecule has 1 unspecified atom stereocenters. The van der Waals surface area contributed by atoms with E-state index in [-0.39, 0.29) is 17.9 Å². The highest BCUT2D eigenvalue weighted by Crippen LogP contribution is 2.20. The van der Waals surface area contributed by atoms with Crippen LogP contribution in [0.15, 0.2) is 72.8 Å². The molecule has 32 heavy (non-hydrogen) atoms. The number of amides is 2. The van der Waals surface area contributed by atoms with Crippen LogP contribution in [0.25, 0.3) is 10.8 Å². The molecule has 0 saturated carbocycles. The maximum absolute atomic E-state index is 13.4. The van der Waals surface area contributed by atoms with Crippen molar-refractivity contribution in [3.8, 4) is 0 Å². The highest BCUT2D eigenvalue weighted by molar-refractivity contribution is 5.89. The number of carbonyl (C=O) groups excluding carboxylic acids is 2. The van der Waals surface area contributed by atoms with Crippen molar-refractivity contribution in [2.75, 3.05) is 6.54 Å². The summed E-state index contributed by atoms with van der Waals surface area (Å²) in [4.78, 5) is 28.1. The van der Waals surface area contributed by atoms with Gasteiger partial charge in [0, 0.05) is 19.0 Å². The summed E-state index contributed by atoms with van der Waals surface area (Å²) in [7, 11) is 0. The molecule has 3 rings (SSSR count). The molecule has 0 fully saturated rings. The largest absolute Gasteiger partial charge is 0.352 e. The van der Waals surface area contributed by atoms with Gasteiger partial charge >= 0.3 is 0 Å². The lowest BCUT2D eigenvalue weighted by Gasteiger charge is -2.31. The second-order valence-electron chi connectivity index (χ2n) is 8.55. The first-order chi connectivity index (χ1) is 15.5. The first-order valence-corrected chi connectivity index (χ1v) is 11.6. The Morgan fingerprint density at radius 1 is 0.875 bits per heavy atom. The van der Waals surface area contributed by atoms with Gasteiger partial charge in [0.1, 0.15) is 6.04 Å². The molecule has 3 aromatic carbocycles. The van der Waals surface area contributed by atoms with Gasteiger partial charge in [0.2, 0.25) is 11.8 Å². The summed E-state index contributed by atoms with van der Waals surface area (Å²) in [6.45, 7) is 6.39. The van der Waals surface area contributed by atoms with Crippen molar-refractivity contribution in [2.45, 2.75) is 58.5 Å². The summed E-state index contributed by atoms with van der Waals surface area (Å²) in [5, 5.41) is 5.36. The number of carbonyl (C=O) groups is 2. The Morgan fingerprint density at radius 2 is 1.56 bits per heavy atom. The van der Waals surface area contributed by atoms with Crippen molar-refractivity contribution in [1.29, 1.82) is 0 Å². The Morgan fingerprint density at radius 3 is 2.28 bits per heavy atom. The lowest BCUT2D eigenvalue weighted by atomic mass is 10.00. The van der Waals surface area contributed by atoms with Crippen LogP contribution in [0, 0.1) is 0 Å². The second kappa shape index (κ2) is 11.5. The zero-order chi connectivity index (χ0) is 22.9. The third kappa shape index (κ3) is 6.19. The number of hydrogen-bond donors (Lipinski definition) is 1. The van der Waals surface area contributed by atoms with Crippen molar-refractivity contribution in [2.24, 2.45) is 0 Å². The molecule has 0 aliphatic heterocycles. The zero-order valence-corrected chi connectivity index (χ0v) is 19.4. The molecule has 0 heterocycles. The molecular formula is C28H34N2O2. The molecular weight excluding hydrogens is 396 g/mol. The fourth-order valence-corrected chi connectivity index (χ4v) is 4.17. The monoisotopic (exact) mass is 430 g/mol. The third-order valence-corrected chi connectivity index (χ3v) is 5.79. The van der Waals surface area contributed by atoms with Gasteiger partial charge in [0.25, 0.3) is 0 Å². The van der Waals surface area contributed by atoms with Crippen LogP contribution in [0.5, 0.6) is 0 Å². The lowest BCUT2D eigenvalue weighted by Crippen LogP contribution is -2.51. The van der Waals surface area contributed by atoms with Gasteiger partial charge in [-0.2, -0.15) is 0 Å². The Bertz CT molecular complexity index is 1020. The Kier molecular flexibility index (Phi) is 8.43. The number of rotatable bonds is 10. The summed E-state index contributed by atoms with van der Waals surface area (Å²) in [5.41, 5.74) is 2.33. The molecule has 168 valence electrons. The van der Waals surface area contributed by atoms with E-state index in [1.165, 1.54) is 21.9 Å². The molecule has 0 saturated heterocycles. The average molecular weight is 431 g/mol. The van der Waals surface area contributed by atoms with Crippen molar-refractivity contribution in [3.05, 3.63) is 83.9 Å². The number of benzene rings is 3. The predicted octanol–water partition coefficient (Wildman–Crippen LogP) is 5.15. The molecule has 0 aromatic heterocycles. The zero-order valence-electron chi connectivity index (χ0n) is 19.4. The van der Waals surface area contributed by atoms with E-state index < -0.39 is 6.04 Å². The molecule has 0 radical (unpaired) electrons. The lowest BCUT2D eigenvalue weighted by molar-refractivity contribution is -0.140. The van der Waals surface area contributed by atoms with E-state index in [9.17, 15) is 9.59 Å². The van der Waals surface area contributed by atoms with Crippen LogP contribution in [0.3, 0.4) is 0 Å². The highest BCUT2D eigenvalue weighted by atomic mass is 16.2. The van der Waals surface area contributed by atoms with Crippen molar-refractivity contribution in [1.82, 2.24) is 10.2 Å². The quantitative estimate of drug-likeness (QED) is 0.484. The summed E-state index contributed by atoms with van der Waals surface area (Å²) >= 11 is 0. The second-order valence-corrected chi connectivity index (χ2v) is 8.55. The van der Waals surface area contributed by atoms with Crippen LogP contribution in [0.4, 0.5) is 0 Å². The van der Waals surface area contributed by atoms with E-state index in [0.717, 1.165) is 6.42 Å². The Labute approximate surface area is 191 Å². The minimum atomic E-state index is -0.457. The first kappa shape index (κ1) is 23.5. The average Bonchev–Trinajstić information content (AvgIpc) is 2.80. The van der Waals surface area contributed by atoms with Gasteiger partial charge in [0.15, 0.2) is 0 Å². The standard InChI is InChI=1S/C28H34N2O2/c1-4-26(28(32)29-21(2)3)30(20-19-22-11-6-5-7-12-22)27(31)18-17-24-15-10-14-23-13-8-9-16-25(23)24/h5-16,21,26H,4,17-20H2,1-3H3,(H,29,32). The van der Waals surface area contributed by atoms with E-state index >= 15 is 0 Å². The Hall–Kier alpha value is -3.14. The predicted molar refractivity (Wildman–Crippen MR) is 131 cm³/mol. The van der Waals surface area contributed by atoms with Gasteiger partial charge < -0.3 is 10.2 Å². The fourth-order valence-electron chi connectivity index (χ4n) is 4.17. The molecule has 0 aliphatic carbocycles. The summed E-state index contributed by atoms with van der Waals surface area (Å²) in [5.74, 6) is -0.0475. The van der Waals surface area contributed by atoms with Crippen LogP contribution >= 0.6 is 0 Å². The molecule has 3 aromatic rings. The maximum Gasteiger partial charge on any atom is 0.242 e. The van der Waals surface area contributed by atoms with Gasteiger partial charge in [-0.1, -0.05) is 79.7 Å². The van der Waals surface area contributed by atoms with Crippen molar-refractivity contribution in [3.63, 3.8) is 0 Å². The number of nitrogens with zero attached hydrogens (tertiary/aromatic N) is 1. The molecule has 0 bridgehead atoms. The molecule has 1 N–H and O–H groups in total. The molecule has 4 heteroatoms. The van der Waals surface area contributed by atoms with E-state index in [1.54, 1.807) is 4.90 Å². The molecule has 2 amide bonds. The van der Waals surface area contributed by atoms with Crippen LogP contribution in [0.2, 0.25) is 0 Å². The first-order valence-electron chi connectivity index (χ1n) is 11.6. The van der Waals surface area contributed by atoms with E-state index in [2.05, 4.69) is 41.7 Å². The maximum atomic E-state index is 13.4. The summed E-state index contributed by atoms with van der Waals surface area (Å²) < 4.78 is 0. The van der Waals surface area contributed by atoms with Crippen LogP contribution in [-0.4, -0.2) is 35.3 Å². The molecule has 4 nitrogen and oxygen atoms in total. The molecule has 0 aliphatic rings. The third-order valence-electron chi connectivity index (χ3n) is 5.79. The van der Waals surface area contributed by atoms with Crippen molar-refractivity contribution < 1.29 is 9.59 Å². The highest BCUT2D eigenvalue weighted by Gasteiger charge is 2.28. The summed E-state index contributed by atoms with van der Waals surface area (Å²) in [6.07, 6.45) is 2.36.